The second kappa shape index (κ2) is 10.1. The summed E-state index contributed by atoms with van der Waals surface area (Å²) in [5.41, 5.74) is 1.26. The maximum absolute atomic E-state index is 12.9. The fraction of sp³-hybridized carbons (Fsp3) is 0.630. The number of hydrogen-bond acceptors (Lipinski definition) is 6. The van der Waals surface area contributed by atoms with Gasteiger partial charge in [0, 0.05) is 38.0 Å². The number of amides is 2. The van der Waals surface area contributed by atoms with E-state index in [1.165, 1.54) is 5.56 Å². The molecule has 2 saturated heterocycles. The van der Waals surface area contributed by atoms with Gasteiger partial charge in [-0.05, 0) is 49.5 Å². The predicted molar refractivity (Wildman–Crippen MR) is 131 cm³/mol. The van der Waals surface area contributed by atoms with E-state index in [9.17, 15) is 9.59 Å². The molecule has 8 nitrogen and oxygen atoms in total. The number of likely N-dealkylation sites (tertiary alicyclic amines) is 2. The standard InChI is InChI=1S/C27H37N5O3/c1-19(2)25-29-30-26(35-25)22-16-27(18-32(22)17-23(33)28-21-9-10-21)12-14-31(15-13-27)24(34)11-8-20-6-4-3-5-7-20/h3-7,19,21-22H,8-18H2,1-2H3,(H,28,33). The molecule has 1 aromatic carbocycles. The first kappa shape index (κ1) is 24.0. The Kier molecular flexibility index (Phi) is 6.91. The lowest BCUT2D eigenvalue weighted by molar-refractivity contribution is -0.133. The van der Waals surface area contributed by atoms with Crippen LogP contribution in [0.25, 0.3) is 0 Å². The molecule has 3 fully saturated rings. The first-order valence-electron chi connectivity index (χ1n) is 13.1. The Bertz CT molecular complexity index is 1020. The van der Waals surface area contributed by atoms with Gasteiger partial charge in [-0.25, -0.2) is 0 Å². The molecule has 35 heavy (non-hydrogen) atoms. The third-order valence-corrected chi connectivity index (χ3v) is 7.78. The van der Waals surface area contributed by atoms with Crippen LogP contribution in [0.3, 0.4) is 0 Å². The van der Waals surface area contributed by atoms with Crippen molar-refractivity contribution in [3.8, 4) is 0 Å². The van der Waals surface area contributed by atoms with Crippen molar-refractivity contribution in [3.63, 3.8) is 0 Å². The summed E-state index contributed by atoms with van der Waals surface area (Å²) >= 11 is 0. The minimum Gasteiger partial charge on any atom is -0.423 e. The number of aromatic nitrogens is 2. The van der Waals surface area contributed by atoms with Gasteiger partial charge in [-0.2, -0.15) is 0 Å². The third kappa shape index (κ3) is 5.74. The molecule has 1 spiro atoms. The van der Waals surface area contributed by atoms with Crippen molar-refractivity contribution in [1.29, 1.82) is 0 Å². The number of piperidine rings is 1. The van der Waals surface area contributed by atoms with Gasteiger partial charge in [0.15, 0.2) is 0 Å². The van der Waals surface area contributed by atoms with Crippen LogP contribution in [0.5, 0.6) is 0 Å². The highest BCUT2D eigenvalue weighted by Gasteiger charge is 2.48. The molecule has 3 heterocycles. The number of aryl methyl sites for hydroxylation is 1. The van der Waals surface area contributed by atoms with Crippen LogP contribution in [0.2, 0.25) is 0 Å². The summed E-state index contributed by atoms with van der Waals surface area (Å²) in [7, 11) is 0. The van der Waals surface area contributed by atoms with Gasteiger partial charge in [0.05, 0.1) is 12.6 Å². The van der Waals surface area contributed by atoms with E-state index in [1.54, 1.807) is 0 Å². The molecule has 1 N–H and O–H groups in total. The normalized spacial score (nSPS) is 22.1. The Hall–Kier alpha value is -2.74. The van der Waals surface area contributed by atoms with Crippen molar-refractivity contribution in [2.45, 2.75) is 76.8 Å². The summed E-state index contributed by atoms with van der Waals surface area (Å²) < 4.78 is 6.04. The van der Waals surface area contributed by atoms with E-state index in [2.05, 4.69) is 32.5 Å². The summed E-state index contributed by atoms with van der Waals surface area (Å²) in [5, 5.41) is 11.7. The second-order valence-corrected chi connectivity index (χ2v) is 11.0. The molecule has 1 aromatic heterocycles. The maximum atomic E-state index is 12.9. The number of rotatable bonds is 8. The van der Waals surface area contributed by atoms with Gasteiger partial charge in [0.1, 0.15) is 0 Å². The van der Waals surface area contributed by atoms with Gasteiger partial charge >= 0.3 is 0 Å². The number of hydrogen-bond donors (Lipinski definition) is 1. The van der Waals surface area contributed by atoms with Crippen molar-refractivity contribution < 1.29 is 14.0 Å². The van der Waals surface area contributed by atoms with E-state index in [4.69, 9.17) is 4.42 Å². The second-order valence-electron chi connectivity index (χ2n) is 11.0. The molecular formula is C27H37N5O3. The summed E-state index contributed by atoms with van der Waals surface area (Å²) in [6.07, 6.45) is 6.24. The van der Waals surface area contributed by atoms with E-state index in [0.717, 1.165) is 58.2 Å². The molecule has 0 bridgehead atoms. The first-order chi connectivity index (χ1) is 16.9. The van der Waals surface area contributed by atoms with Crippen LogP contribution in [0.1, 0.15) is 81.7 Å². The average molecular weight is 480 g/mol. The maximum Gasteiger partial charge on any atom is 0.234 e. The smallest absolute Gasteiger partial charge is 0.234 e. The Morgan fingerprint density at radius 1 is 1.14 bits per heavy atom. The summed E-state index contributed by atoms with van der Waals surface area (Å²) in [6.45, 7) is 6.79. The zero-order chi connectivity index (χ0) is 24.4. The number of nitrogens with one attached hydrogen (secondary N) is 1. The number of carbonyl (C=O) groups is 2. The lowest BCUT2D eigenvalue weighted by atomic mass is 9.76. The zero-order valence-electron chi connectivity index (χ0n) is 20.9. The molecule has 188 valence electrons. The molecule has 1 aliphatic carbocycles. The van der Waals surface area contributed by atoms with Crippen LogP contribution in [0.15, 0.2) is 34.7 Å². The molecule has 8 heteroatoms. The average Bonchev–Trinajstić information content (AvgIpc) is 3.39. The number of carbonyl (C=O) groups excluding carboxylic acids is 2. The minimum absolute atomic E-state index is 0.0553. The molecule has 5 rings (SSSR count). The van der Waals surface area contributed by atoms with Crippen LogP contribution in [0.4, 0.5) is 0 Å². The van der Waals surface area contributed by atoms with Crippen LogP contribution in [-0.4, -0.2) is 64.0 Å². The largest absolute Gasteiger partial charge is 0.423 e. The van der Waals surface area contributed by atoms with Crippen molar-refractivity contribution in [3.05, 3.63) is 47.7 Å². The number of benzene rings is 1. The van der Waals surface area contributed by atoms with E-state index in [1.807, 2.05) is 36.9 Å². The lowest BCUT2D eigenvalue weighted by Crippen LogP contribution is -2.45. The molecule has 2 aromatic rings. The molecule has 3 aliphatic rings. The van der Waals surface area contributed by atoms with Crippen LogP contribution in [0, 0.1) is 5.41 Å². The van der Waals surface area contributed by atoms with Crippen molar-refractivity contribution in [2.75, 3.05) is 26.2 Å². The summed E-state index contributed by atoms with van der Waals surface area (Å²) in [4.78, 5) is 29.8. The van der Waals surface area contributed by atoms with Crippen LogP contribution >= 0.6 is 0 Å². The molecule has 0 radical (unpaired) electrons. The molecule has 1 saturated carbocycles. The topological polar surface area (TPSA) is 91.6 Å². The first-order valence-corrected chi connectivity index (χ1v) is 13.1. The third-order valence-electron chi connectivity index (χ3n) is 7.78. The van der Waals surface area contributed by atoms with Gasteiger partial charge < -0.3 is 14.6 Å². The van der Waals surface area contributed by atoms with E-state index >= 15 is 0 Å². The van der Waals surface area contributed by atoms with E-state index in [-0.39, 0.29) is 29.2 Å². The van der Waals surface area contributed by atoms with E-state index in [0.29, 0.717) is 30.8 Å². The Balaban J connectivity index is 1.22. The summed E-state index contributed by atoms with van der Waals surface area (Å²) in [5.74, 6) is 1.74. The highest BCUT2D eigenvalue weighted by atomic mass is 16.4. The van der Waals surface area contributed by atoms with Crippen molar-refractivity contribution in [1.82, 2.24) is 25.3 Å². The molecule has 2 amide bonds. The van der Waals surface area contributed by atoms with Gasteiger partial charge in [0.25, 0.3) is 0 Å². The van der Waals surface area contributed by atoms with Gasteiger partial charge in [-0.1, -0.05) is 44.2 Å². The molecule has 2 aliphatic heterocycles. The number of nitrogens with zero attached hydrogens (tertiary/aromatic N) is 4. The van der Waals surface area contributed by atoms with Gasteiger partial charge in [-0.3, -0.25) is 14.5 Å². The van der Waals surface area contributed by atoms with Gasteiger partial charge in [-0.15, -0.1) is 10.2 Å². The summed E-state index contributed by atoms with van der Waals surface area (Å²) in [6, 6.07) is 10.5. The Labute approximate surface area is 207 Å². The monoisotopic (exact) mass is 479 g/mol. The predicted octanol–water partition coefficient (Wildman–Crippen LogP) is 3.46. The lowest BCUT2D eigenvalue weighted by Gasteiger charge is -2.39. The van der Waals surface area contributed by atoms with Crippen molar-refractivity contribution >= 4 is 11.8 Å². The fourth-order valence-corrected chi connectivity index (χ4v) is 5.50. The van der Waals surface area contributed by atoms with Crippen molar-refractivity contribution in [2.24, 2.45) is 5.41 Å². The highest BCUT2D eigenvalue weighted by molar-refractivity contribution is 5.78. The fourth-order valence-electron chi connectivity index (χ4n) is 5.50. The Morgan fingerprint density at radius 2 is 1.89 bits per heavy atom. The zero-order valence-corrected chi connectivity index (χ0v) is 20.9. The molecular weight excluding hydrogens is 442 g/mol. The highest BCUT2D eigenvalue weighted by Crippen LogP contribution is 2.48. The SMILES string of the molecule is CC(C)c1nnc(C2CC3(CCN(C(=O)CCc4ccccc4)CC3)CN2CC(=O)NC2CC2)o1. The van der Waals surface area contributed by atoms with Gasteiger partial charge in [0.2, 0.25) is 23.6 Å². The quantitative estimate of drug-likeness (QED) is 0.624. The van der Waals surface area contributed by atoms with E-state index < -0.39 is 0 Å². The molecule has 1 atom stereocenters. The minimum atomic E-state index is -0.0553. The Morgan fingerprint density at radius 3 is 2.54 bits per heavy atom. The van der Waals surface area contributed by atoms with Crippen LogP contribution in [-0.2, 0) is 16.0 Å². The van der Waals surface area contributed by atoms with Crippen LogP contribution < -0.4 is 5.32 Å². The molecule has 1 unspecified atom stereocenters.